The fourth-order valence-corrected chi connectivity index (χ4v) is 3.40. The van der Waals surface area contributed by atoms with Gasteiger partial charge in [0.2, 0.25) is 11.8 Å². The fourth-order valence-electron chi connectivity index (χ4n) is 3.23. The van der Waals surface area contributed by atoms with Gasteiger partial charge in [-0.05, 0) is 43.8 Å². The Morgan fingerprint density at radius 2 is 1.66 bits per heavy atom. The topological polar surface area (TPSA) is 70.7 Å². The summed E-state index contributed by atoms with van der Waals surface area (Å²) in [6.07, 6.45) is 0. The first kappa shape index (κ1) is 23.3. The minimum absolute atomic E-state index is 0.0184. The van der Waals surface area contributed by atoms with Gasteiger partial charge in [0, 0.05) is 16.3 Å². The molecule has 0 unspecified atom stereocenters. The molecule has 2 N–H and O–H groups in total. The summed E-state index contributed by atoms with van der Waals surface area (Å²) >= 11 is 6.02. The first-order chi connectivity index (χ1) is 15.4. The lowest BCUT2D eigenvalue weighted by Crippen LogP contribution is -2.43. The highest BCUT2D eigenvalue weighted by molar-refractivity contribution is 6.31. The Kier molecular flexibility index (Phi) is 7.87. The second kappa shape index (κ2) is 10.8. The zero-order chi connectivity index (χ0) is 23.1. The van der Waals surface area contributed by atoms with Crippen molar-refractivity contribution >= 4 is 34.8 Å². The van der Waals surface area contributed by atoms with Crippen molar-refractivity contribution in [2.45, 2.75) is 13.0 Å². The molecular formula is C25H26ClN3O3. The number of halogens is 1. The van der Waals surface area contributed by atoms with E-state index >= 15 is 0 Å². The zero-order valence-electron chi connectivity index (χ0n) is 18.3. The zero-order valence-corrected chi connectivity index (χ0v) is 19.0. The average molecular weight is 452 g/mol. The van der Waals surface area contributed by atoms with Gasteiger partial charge < -0.3 is 15.4 Å². The van der Waals surface area contributed by atoms with Crippen LogP contribution in [-0.2, 0) is 9.59 Å². The van der Waals surface area contributed by atoms with Gasteiger partial charge in [-0.1, -0.05) is 60.1 Å². The van der Waals surface area contributed by atoms with E-state index in [4.69, 9.17) is 16.3 Å². The molecule has 0 aromatic heterocycles. The van der Waals surface area contributed by atoms with E-state index in [9.17, 15) is 9.59 Å². The number of ether oxygens (including phenoxy) is 1. The van der Waals surface area contributed by atoms with Gasteiger partial charge in [0.25, 0.3) is 0 Å². The van der Waals surface area contributed by atoms with Crippen LogP contribution in [-0.4, -0.2) is 43.5 Å². The van der Waals surface area contributed by atoms with Crippen LogP contribution in [0.25, 0.3) is 11.1 Å². The van der Waals surface area contributed by atoms with E-state index in [1.54, 1.807) is 37.1 Å². The third-order valence-corrected chi connectivity index (χ3v) is 5.37. The molecule has 2 amide bonds. The predicted molar refractivity (Wildman–Crippen MR) is 129 cm³/mol. The van der Waals surface area contributed by atoms with E-state index in [-0.39, 0.29) is 18.4 Å². The first-order valence-electron chi connectivity index (χ1n) is 10.2. The second-order valence-corrected chi connectivity index (χ2v) is 7.82. The van der Waals surface area contributed by atoms with Crippen LogP contribution in [0.15, 0.2) is 72.8 Å². The molecule has 166 valence electrons. The number of carbonyl (C=O) groups is 2. The number of nitrogens with zero attached hydrogens (tertiary/aromatic N) is 1. The van der Waals surface area contributed by atoms with E-state index in [1.807, 2.05) is 54.6 Å². The van der Waals surface area contributed by atoms with Crippen molar-refractivity contribution in [2.75, 3.05) is 31.3 Å². The number of benzene rings is 3. The van der Waals surface area contributed by atoms with Crippen molar-refractivity contribution in [3.8, 4) is 16.9 Å². The number of hydrogen-bond donors (Lipinski definition) is 2. The van der Waals surface area contributed by atoms with Crippen LogP contribution in [0.5, 0.6) is 5.75 Å². The van der Waals surface area contributed by atoms with Crippen LogP contribution in [0.2, 0.25) is 5.02 Å². The number of anilines is 2. The maximum absolute atomic E-state index is 12.9. The summed E-state index contributed by atoms with van der Waals surface area (Å²) in [5.41, 5.74) is 3.14. The SMILES string of the molecule is COc1ccc(Cl)cc1NC(=O)CN(C)[C@@H](C)C(=O)Nc1ccccc1-c1ccccc1. The summed E-state index contributed by atoms with van der Waals surface area (Å²) in [6, 6.07) is 21.9. The molecule has 0 fully saturated rings. The molecule has 7 heteroatoms. The van der Waals surface area contributed by atoms with Crippen molar-refractivity contribution in [3.63, 3.8) is 0 Å². The lowest BCUT2D eigenvalue weighted by molar-refractivity contribution is -0.122. The summed E-state index contributed by atoms with van der Waals surface area (Å²) in [6.45, 7) is 1.78. The Morgan fingerprint density at radius 3 is 2.38 bits per heavy atom. The van der Waals surface area contributed by atoms with Crippen molar-refractivity contribution < 1.29 is 14.3 Å². The number of methoxy groups -OCH3 is 1. The van der Waals surface area contributed by atoms with Crippen molar-refractivity contribution in [3.05, 3.63) is 77.8 Å². The van der Waals surface area contributed by atoms with Crippen LogP contribution in [0.4, 0.5) is 11.4 Å². The molecule has 6 nitrogen and oxygen atoms in total. The van der Waals surface area contributed by atoms with E-state index < -0.39 is 6.04 Å². The minimum Gasteiger partial charge on any atom is -0.495 e. The fraction of sp³-hybridized carbons (Fsp3) is 0.200. The Bertz CT molecular complexity index is 1090. The van der Waals surface area contributed by atoms with Gasteiger partial charge in [0.15, 0.2) is 0 Å². The summed E-state index contributed by atoms with van der Waals surface area (Å²) in [5, 5.41) is 6.26. The number of amides is 2. The molecular weight excluding hydrogens is 426 g/mol. The van der Waals surface area contributed by atoms with Crippen molar-refractivity contribution in [2.24, 2.45) is 0 Å². The van der Waals surface area contributed by atoms with Crippen LogP contribution in [0.3, 0.4) is 0 Å². The van der Waals surface area contributed by atoms with Crippen LogP contribution < -0.4 is 15.4 Å². The maximum atomic E-state index is 12.9. The molecule has 0 radical (unpaired) electrons. The normalized spacial score (nSPS) is 11.7. The smallest absolute Gasteiger partial charge is 0.241 e. The quantitative estimate of drug-likeness (QED) is 0.510. The lowest BCUT2D eigenvalue weighted by Gasteiger charge is -2.24. The Morgan fingerprint density at radius 1 is 0.969 bits per heavy atom. The third-order valence-electron chi connectivity index (χ3n) is 5.14. The highest BCUT2D eigenvalue weighted by Crippen LogP contribution is 2.28. The number of rotatable bonds is 8. The molecule has 0 saturated carbocycles. The Balaban J connectivity index is 1.64. The number of nitrogens with one attached hydrogen (secondary N) is 2. The van der Waals surface area contributed by atoms with Crippen LogP contribution >= 0.6 is 11.6 Å². The van der Waals surface area contributed by atoms with E-state index in [0.717, 1.165) is 16.8 Å². The summed E-state index contributed by atoms with van der Waals surface area (Å²) in [7, 11) is 3.24. The van der Waals surface area contributed by atoms with Crippen molar-refractivity contribution in [1.29, 1.82) is 0 Å². The van der Waals surface area contributed by atoms with Gasteiger partial charge in [-0.2, -0.15) is 0 Å². The van der Waals surface area contributed by atoms with Crippen LogP contribution in [0, 0.1) is 0 Å². The van der Waals surface area contributed by atoms with E-state index in [1.165, 1.54) is 7.11 Å². The van der Waals surface area contributed by atoms with Gasteiger partial charge in [-0.3, -0.25) is 14.5 Å². The number of carbonyl (C=O) groups excluding carboxylic acids is 2. The third kappa shape index (κ3) is 5.87. The molecule has 0 aliphatic rings. The van der Waals surface area contributed by atoms with Gasteiger partial charge in [0.05, 0.1) is 25.4 Å². The summed E-state index contributed by atoms with van der Waals surface area (Å²) < 4.78 is 5.25. The molecule has 0 heterocycles. The number of para-hydroxylation sites is 1. The second-order valence-electron chi connectivity index (χ2n) is 7.38. The van der Waals surface area contributed by atoms with Crippen LogP contribution in [0.1, 0.15) is 6.92 Å². The number of hydrogen-bond acceptors (Lipinski definition) is 4. The molecule has 0 saturated heterocycles. The van der Waals surface area contributed by atoms with E-state index in [0.29, 0.717) is 16.5 Å². The van der Waals surface area contributed by atoms with E-state index in [2.05, 4.69) is 10.6 Å². The molecule has 3 rings (SSSR count). The summed E-state index contributed by atoms with van der Waals surface area (Å²) in [5.74, 6) is 0.0233. The van der Waals surface area contributed by atoms with Gasteiger partial charge in [-0.15, -0.1) is 0 Å². The number of likely N-dealkylation sites (N-methyl/N-ethyl adjacent to an activating group) is 1. The Hall–Kier alpha value is -3.35. The monoisotopic (exact) mass is 451 g/mol. The Labute approximate surface area is 193 Å². The molecule has 3 aromatic rings. The maximum Gasteiger partial charge on any atom is 0.241 e. The summed E-state index contributed by atoms with van der Waals surface area (Å²) in [4.78, 5) is 27.1. The van der Waals surface area contributed by atoms with Gasteiger partial charge in [0.1, 0.15) is 5.75 Å². The molecule has 0 bridgehead atoms. The standard InChI is InChI=1S/C25H26ClN3O3/c1-17(29(2)16-24(30)27-22-15-19(26)13-14-23(22)32-3)25(31)28-21-12-8-7-11-20(21)18-9-5-4-6-10-18/h4-15,17H,16H2,1-3H3,(H,27,30)(H,28,31)/t17-/m0/s1. The average Bonchev–Trinajstić information content (AvgIpc) is 2.79. The van der Waals surface area contributed by atoms with Gasteiger partial charge in [-0.25, -0.2) is 0 Å². The highest BCUT2D eigenvalue weighted by atomic mass is 35.5. The molecule has 0 spiro atoms. The highest BCUT2D eigenvalue weighted by Gasteiger charge is 2.21. The lowest BCUT2D eigenvalue weighted by atomic mass is 10.0. The predicted octanol–water partition coefficient (Wildman–Crippen LogP) is 4.91. The molecule has 3 aromatic carbocycles. The first-order valence-corrected chi connectivity index (χ1v) is 10.6. The van der Waals surface area contributed by atoms with Crippen molar-refractivity contribution in [1.82, 2.24) is 4.90 Å². The molecule has 1 atom stereocenters. The molecule has 0 aliphatic carbocycles. The largest absolute Gasteiger partial charge is 0.495 e. The molecule has 0 aliphatic heterocycles. The minimum atomic E-state index is -0.536. The van der Waals surface area contributed by atoms with Gasteiger partial charge >= 0.3 is 0 Å². The molecule has 32 heavy (non-hydrogen) atoms.